The van der Waals surface area contributed by atoms with Crippen LogP contribution >= 0.6 is 0 Å². The van der Waals surface area contributed by atoms with E-state index in [9.17, 15) is 9.90 Å². The van der Waals surface area contributed by atoms with Crippen molar-refractivity contribution in [3.05, 3.63) is 42.0 Å². The fourth-order valence-electron chi connectivity index (χ4n) is 4.52. The highest BCUT2D eigenvalue weighted by Crippen LogP contribution is 2.40. The average molecular weight is 389 g/mol. The van der Waals surface area contributed by atoms with Gasteiger partial charge < -0.3 is 19.9 Å². The summed E-state index contributed by atoms with van der Waals surface area (Å²) < 4.78 is 11.4. The first-order valence-corrected chi connectivity index (χ1v) is 9.96. The Morgan fingerprint density at radius 2 is 2.14 bits per heavy atom. The molecule has 1 aromatic carbocycles. The molecule has 3 rings (SSSR count). The lowest BCUT2D eigenvalue weighted by atomic mass is 9.73. The topological polar surface area (TPSA) is 71.0 Å². The van der Waals surface area contributed by atoms with Crippen molar-refractivity contribution in [3.63, 3.8) is 0 Å². The summed E-state index contributed by atoms with van der Waals surface area (Å²) in [6.07, 6.45) is 3.18. The second kappa shape index (κ2) is 8.23. The van der Waals surface area contributed by atoms with Crippen molar-refractivity contribution < 1.29 is 19.4 Å². The lowest BCUT2D eigenvalue weighted by molar-refractivity contribution is -0.205. The van der Waals surface area contributed by atoms with Gasteiger partial charge in [-0.1, -0.05) is 12.1 Å². The molecule has 6 heteroatoms. The Labute approximate surface area is 167 Å². The first-order valence-electron chi connectivity index (χ1n) is 9.96. The van der Waals surface area contributed by atoms with Crippen LogP contribution in [0.25, 0.3) is 0 Å². The van der Waals surface area contributed by atoms with Crippen LogP contribution in [0.3, 0.4) is 0 Å². The highest BCUT2D eigenvalue weighted by Gasteiger charge is 2.53. The molecular weight excluding hydrogens is 356 g/mol. The smallest absolute Gasteiger partial charge is 0.252 e. The van der Waals surface area contributed by atoms with Gasteiger partial charge in [-0.05, 0) is 45.2 Å². The normalized spacial score (nSPS) is 27.4. The lowest BCUT2D eigenvalue weighted by Gasteiger charge is -2.53. The van der Waals surface area contributed by atoms with Crippen LogP contribution in [0.5, 0.6) is 5.75 Å². The van der Waals surface area contributed by atoms with E-state index in [1.807, 2.05) is 26.0 Å². The second-order valence-corrected chi connectivity index (χ2v) is 8.16. The summed E-state index contributed by atoms with van der Waals surface area (Å²) in [5, 5.41) is 14.4. The molecule has 2 aliphatic heterocycles. The number of benzene rings is 1. The van der Waals surface area contributed by atoms with Crippen LogP contribution < -0.4 is 10.1 Å². The number of rotatable bonds is 5. The van der Waals surface area contributed by atoms with E-state index in [4.69, 9.17) is 9.47 Å². The Kier molecular flexibility index (Phi) is 6.12. The van der Waals surface area contributed by atoms with E-state index in [-0.39, 0.29) is 5.91 Å². The van der Waals surface area contributed by atoms with Gasteiger partial charge in [0.2, 0.25) is 0 Å². The Hall–Kier alpha value is -1.89. The van der Waals surface area contributed by atoms with Crippen molar-refractivity contribution in [2.45, 2.75) is 50.4 Å². The number of nitrogens with zero attached hydrogens (tertiary/aromatic N) is 1. The van der Waals surface area contributed by atoms with Gasteiger partial charge in [0.1, 0.15) is 11.9 Å². The summed E-state index contributed by atoms with van der Waals surface area (Å²) in [7, 11) is 1.59. The zero-order valence-corrected chi connectivity index (χ0v) is 17.2. The number of carbonyl (C=O) groups is 1. The van der Waals surface area contributed by atoms with Gasteiger partial charge in [-0.3, -0.25) is 9.69 Å². The first-order chi connectivity index (χ1) is 13.3. The van der Waals surface area contributed by atoms with Crippen LogP contribution in [0.1, 0.15) is 42.1 Å². The summed E-state index contributed by atoms with van der Waals surface area (Å²) in [5.41, 5.74) is 0.00142. The molecule has 1 aromatic rings. The largest absolute Gasteiger partial charge is 0.496 e. The maximum atomic E-state index is 13.0. The average Bonchev–Trinajstić information content (AvgIpc) is 2.68. The van der Waals surface area contributed by atoms with Crippen molar-refractivity contribution >= 4 is 5.91 Å². The highest BCUT2D eigenvalue weighted by atomic mass is 16.5. The standard InChI is InChI=1S/C22H32N2O4/c1-5-12-24-13-9-22(10-14-24)20(26)21(3,11-15-28-22)23-19(25)17-7-6-8-18(27-4)16(17)2/h5-8,20,26H,1,9-15H2,2-4H3,(H,23,25)/t20-,21+/m1/s1. The molecule has 0 saturated carbocycles. The van der Waals surface area contributed by atoms with Gasteiger partial charge in [0.25, 0.3) is 5.91 Å². The molecule has 2 fully saturated rings. The van der Waals surface area contributed by atoms with Crippen LogP contribution in [0.15, 0.2) is 30.9 Å². The molecule has 0 radical (unpaired) electrons. The van der Waals surface area contributed by atoms with E-state index < -0.39 is 17.2 Å². The predicted octanol–water partition coefficient (Wildman–Crippen LogP) is 2.29. The second-order valence-electron chi connectivity index (χ2n) is 8.16. The number of amides is 1. The fourth-order valence-corrected chi connectivity index (χ4v) is 4.52. The van der Waals surface area contributed by atoms with Crippen molar-refractivity contribution in [2.75, 3.05) is 33.4 Å². The minimum Gasteiger partial charge on any atom is -0.496 e. The molecule has 0 bridgehead atoms. The van der Waals surface area contributed by atoms with Gasteiger partial charge in [-0.25, -0.2) is 0 Å². The molecule has 2 N–H and O–H groups in total. The van der Waals surface area contributed by atoms with Gasteiger partial charge in [0, 0.05) is 37.4 Å². The van der Waals surface area contributed by atoms with E-state index in [0.717, 1.165) is 38.0 Å². The minimum atomic E-state index is -0.769. The number of methoxy groups -OCH3 is 1. The van der Waals surface area contributed by atoms with E-state index in [1.165, 1.54) is 0 Å². The third-order valence-corrected chi connectivity index (χ3v) is 6.35. The number of nitrogens with one attached hydrogen (secondary N) is 1. The number of aliphatic hydroxyl groups is 1. The Morgan fingerprint density at radius 3 is 2.79 bits per heavy atom. The summed E-state index contributed by atoms with van der Waals surface area (Å²) in [6, 6.07) is 5.43. The van der Waals surface area contributed by atoms with E-state index in [1.54, 1.807) is 19.2 Å². The van der Waals surface area contributed by atoms with Crippen molar-refractivity contribution in [1.82, 2.24) is 10.2 Å². The van der Waals surface area contributed by atoms with Crippen LogP contribution in [0.4, 0.5) is 0 Å². The molecule has 2 aliphatic rings. The van der Waals surface area contributed by atoms with Gasteiger partial charge in [-0.15, -0.1) is 6.58 Å². The number of hydrogen-bond donors (Lipinski definition) is 2. The Morgan fingerprint density at radius 1 is 1.43 bits per heavy atom. The zero-order valence-electron chi connectivity index (χ0n) is 17.2. The van der Waals surface area contributed by atoms with Gasteiger partial charge >= 0.3 is 0 Å². The molecule has 1 amide bonds. The van der Waals surface area contributed by atoms with Gasteiger partial charge in [0.05, 0.1) is 18.2 Å². The molecule has 28 heavy (non-hydrogen) atoms. The van der Waals surface area contributed by atoms with Crippen LogP contribution in [-0.4, -0.2) is 66.5 Å². The molecule has 2 heterocycles. The molecule has 0 aromatic heterocycles. The van der Waals surface area contributed by atoms with Gasteiger partial charge in [-0.2, -0.15) is 0 Å². The molecule has 0 unspecified atom stereocenters. The number of piperidine rings is 1. The SMILES string of the molecule is C=CCN1CCC2(CC1)OCC[C@](C)(NC(=O)c1cccc(OC)c1C)[C@H]2O. The molecule has 6 nitrogen and oxygen atoms in total. The lowest BCUT2D eigenvalue weighted by Crippen LogP contribution is -2.69. The van der Waals surface area contributed by atoms with Crippen LogP contribution in [0, 0.1) is 6.92 Å². The zero-order chi connectivity index (χ0) is 20.4. The monoisotopic (exact) mass is 388 g/mol. The van der Waals surface area contributed by atoms with Crippen molar-refractivity contribution in [1.29, 1.82) is 0 Å². The third kappa shape index (κ3) is 3.81. The number of hydrogen-bond acceptors (Lipinski definition) is 5. The summed E-state index contributed by atoms with van der Waals surface area (Å²) in [4.78, 5) is 15.3. The summed E-state index contributed by atoms with van der Waals surface area (Å²) >= 11 is 0. The Balaban J connectivity index is 1.76. The van der Waals surface area contributed by atoms with Crippen molar-refractivity contribution in [2.24, 2.45) is 0 Å². The first kappa shape index (κ1) is 20.8. The Bertz CT molecular complexity index is 727. The molecule has 1 spiro atoms. The van der Waals surface area contributed by atoms with Crippen LogP contribution in [-0.2, 0) is 4.74 Å². The highest BCUT2D eigenvalue weighted by molar-refractivity contribution is 5.96. The number of ether oxygens (including phenoxy) is 2. The number of carbonyl (C=O) groups excluding carboxylic acids is 1. The molecule has 2 saturated heterocycles. The van der Waals surface area contributed by atoms with Crippen LogP contribution in [0.2, 0.25) is 0 Å². The molecule has 154 valence electrons. The number of likely N-dealkylation sites (tertiary alicyclic amines) is 1. The minimum absolute atomic E-state index is 0.195. The quantitative estimate of drug-likeness (QED) is 0.758. The van der Waals surface area contributed by atoms with Gasteiger partial charge in [0.15, 0.2) is 0 Å². The number of aliphatic hydroxyl groups excluding tert-OH is 1. The summed E-state index contributed by atoms with van der Waals surface area (Å²) in [6.45, 7) is 10.7. The summed E-state index contributed by atoms with van der Waals surface area (Å²) in [5.74, 6) is 0.482. The molecule has 0 aliphatic carbocycles. The van der Waals surface area contributed by atoms with Crippen molar-refractivity contribution in [3.8, 4) is 5.75 Å². The van der Waals surface area contributed by atoms with E-state index in [2.05, 4.69) is 16.8 Å². The third-order valence-electron chi connectivity index (χ3n) is 6.35. The molecule has 2 atom stereocenters. The van der Waals surface area contributed by atoms with E-state index in [0.29, 0.717) is 24.3 Å². The predicted molar refractivity (Wildman–Crippen MR) is 109 cm³/mol. The fraction of sp³-hybridized carbons (Fsp3) is 0.591. The maximum absolute atomic E-state index is 13.0. The van der Waals surface area contributed by atoms with E-state index >= 15 is 0 Å². The molecular formula is C22H32N2O4. The maximum Gasteiger partial charge on any atom is 0.252 e.